The minimum absolute atomic E-state index is 0.0388. The zero-order chi connectivity index (χ0) is 22.0. The Balaban J connectivity index is 2.22. The van der Waals surface area contributed by atoms with E-state index >= 15 is 0 Å². The number of hydrogen-bond donors (Lipinski definition) is 1. The SMILES string of the molecule is Cc1cc(C)c(S(=O)(=O)n2cnc(C[C@H](C=O)NC(=O)OC(C)(C)C)c2)c(C)c1. The molecule has 1 N–H and O–H groups in total. The lowest BCUT2D eigenvalue weighted by Crippen LogP contribution is -2.41. The van der Waals surface area contributed by atoms with Crippen LogP contribution >= 0.6 is 0 Å². The number of ether oxygens (including phenoxy) is 1. The Kier molecular flexibility index (Phi) is 6.52. The van der Waals surface area contributed by atoms with Crippen LogP contribution in [0.3, 0.4) is 0 Å². The first-order valence-corrected chi connectivity index (χ1v) is 10.6. The summed E-state index contributed by atoms with van der Waals surface area (Å²) >= 11 is 0. The maximum Gasteiger partial charge on any atom is 0.408 e. The van der Waals surface area contributed by atoms with Gasteiger partial charge in [-0.1, -0.05) is 17.7 Å². The summed E-state index contributed by atoms with van der Waals surface area (Å²) in [7, 11) is -3.83. The van der Waals surface area contributed by atoms with Gasteiger partial charge in [-0.25, -0.2) is 22.2 Å². The lowest BCUT2D eigenvalue weighted by atomic mass is 10.1. The molecule has 0 saturated heterocycles. The maximum atomic E-state index is 13.1. The van der Waals surface area contributed by atoms with Crippen LogP contribution in [-0.4, -0.2) is 41.4 Å². The predicted molar refractivity (Wildman–Crippen MR) is 108 cm³/mol. The van der Waals surface area contributed by atoms with E-state index < -0.39 is 27.8 Å². The Morgan fingerprint density at radius 2 is 1.83 bits per heavy atom. The molecule has 0 unspecified atom stereocenters. The number of aromatic nitrogens is 2. The van der Waals surface area contributed by atoms with Gasteiger partial charge >= 0.3 is 6.09 Å². The van der Waals surface area contributed by atoms with Crippen molar-refractivity contribution in [2.45, 2.75) is 64.5 Å². The number of benzene rings is 1. The van der Waals surface area contributed by atoms with Crippen LogP contribution in [0.2, 0.25) is 0 Å². The highest BCUT2D eigenvalue weighted by atomic mass is 32.2. The van der Waals surface area contributed by atoms with Gasteiger partial charge in [0.2, 0.25) is 0 Å². The van der Waals surface area contributed by atoms with Gasteiger partial charge in [0.25, 0.3) is 10.0 Å². The van der Waals surface area contributed by atoms with E-state index in [1.54, 1.807) is 34.6 Å². The molecule has 0 aliphatic carbocycles. The first-order chi connectivity index (χ1) is 13.3. The highest BCUT2D eigenvalue weighted by Gasteiger charge is 2.24. The molecule has 0 fully saturated rings. The van der Waals surface area contributed by atoms with Crippen molar-refractivity contribution in [2.75, 3.05) is 0 Å². The van der Waals surface area contributed by atoms with E-state index in [-0.39, 0.29) is 11.3 Å². The van der Waals surface area contributed by atoms with Gasteiger partial charge in [0, 0.05) is 12.6 Å². The second-order valence-electron chi connectivity index (χ2n) is 8.02. The van der Waals surface area contributed by atoms with Gasteiger partial charge < -0.3 is 14.8 Å². The number of carbonyl (C=O) groups is 2. The Labute approximate surface area is 171 Å². The zero-order valence-electron chi connectivity index (χ0n) is 17.5. The fraction of sp³-hybridized carbons (Fsp3) is 0.450. The number of rotatable bonds is 6. The van der Waals surface area contributed by atoms with Crippen LogP contribution in [0.5, 0.6) is 0 Å². The van der Waals surface area contributed by atoms with Gasteiger partial charge in [-0.15, -0.1) is 0 Å². The van der Waals surface area contributed by atoms with Crippen molar-refractivity contribution in [1.82, 2.24) is 14.3 Å². The van der Waals surface area contributed by atoms with Crippen molar-refractivity contribution in [3.8, 4) is 0 Å². The van der Waals surface area contributed by atoms with Crippen molar-refractivity contribution in [2.24, 2.45) is 0 Å². The molecule has 9 heteroatoms. The van der Waals surface area contributed by atoms with Crippen LogP contribution < -0.4 is 5.32 Å². The monoisotopic (exact) mass is 421 g/mol. The van der Waals surface area contributed by atoms with Crippen LogP contribution in [0, 0.1) is 20.8 Å². The quantitative estimate of drug-likeness (QED) is 0.719. The maximum absolute atomic E-state index is 13.1. The molecular formula is C20H27N3O5S. The second kappa shape index (κ2) is 8.36. The number of hydrogen-bond acceptors (Lipinski definition) is 6. The molecule has 2 aromatic rings. The van der Waals surface area contributed by atoms with Crippen molar-refractivity contribution < 1.29 is 22.7 Å². The molecule has 0 saturated carbocycles. The minimum atomic E-state index is -3.83. The lowest BCUT2D eigenvalue weighted by molar-refractivity contribution is -0.109. The topological polar surface area (TPSA) is 107 Å². The number of nitrogens with one attached hydrogen (secondary N) is 1. The van der Waals surface area contributed by atoms with Crippen molar-refractivity contribution >= 4 is 22.4 Å². The summed E-state index contributed by atoms with van der Waals surface area (Å²) in [5, 5.41) is 2.45. The van der Waals surface area contributed by atoms with E-state index in [4.69, 9.17) is 4.74 Å². The van der Waals surface area contributed by atoms with Crippen LogP contribution in [0.1, 0.15) is 43.2 Å². The smallest absolute Gasteiger partial charge is 0.408 e. The summed E-state index contributed by atoms with van der Waals surface area (Å²) in [5.41, 5.74) is 1.93. The van der Waals surface area contributed by atoms with Gasteiger partial charge in [0.15, 0.2) is 0 Å². The standard InChI is InChI=1S/C20H27N3O5S/c1-13-7-14(2)18(15(3)8-13)29(26,27)23-10-16(21-12-23)9-17(11-24)22-19(25)28-20(4,5)6/h7-8,10-12,17H,9H2,1-6H3,(H,22,25)/t17-/m1/s1. The molecule has 0 bridgehead atoms. The molecule has 0 aliphatic heterocycles. The summed E-state index contributed by atoms with van der Waals surface area (Å²) in [5.74, 6) is 0. The molecule has 0 aliphatic rings. The Morgan fingerprint density at radius 3 is 2.34 bits per heavy atom. The third-order valence-electron chi connectivity index (χ3n) is 4.05. The van der Waals surface area contributed by atoms with E-state index in [2.05, 4.69) is 10.3 Å². The Hall–Kier alpha value is -2.68. The Morgan fingerprint density at radius 1 is 1.24 bits per heavy atom. The van der Waals surface area contributed by atoms with E-state index in [1.807, 2.05) is 19.1 Å². The van der Waals surface area contributed by atoms with E-state index in [1.165, 1.54) is 12.5 Å². The number of aldehydes is 1. The van der Waals surface area contributed by atoms with Gasteiger partial charge in [-0.05, 0) is 52.7 Å². The van der Waals surface area contributed by atoms with Gasteiger partial charge in [0.05, 0.1) is 16.6 Å². The molecule has 2 rings (SSSR count). The van der Waals surface area contributed by atoms with Gasteiger partial charge in [-0.3, -0.25) is 0 Å². The van der Waals surface area contributed by atoms with Crippen LogP contribution in [0.4, 0.5) is 4.79 Å². The molecule has 1 aromatic heterocycles. The first-order valence-electron chi connectivity index (χ1n) is 9.14. The summed E-state index contributed by atoms with van der Waals surface area (Å²) in [6.07, 6.45) is 2.41. The average molecular weight is 422 g/mol. The molecule has 158 valence electrons. The number of alkyl carbamates (subject to hydrolysis) is 1. The second-order valence-corrected chi connectivity index (χ2v) is 9.80. The summed E-state index contributed by atoms with van der Waals surface area (Å²) < 4.78 is 32.3. The first kappa shape index (κ1) is 22.6. The number of amides is 1. The summed E-state index contributed by atoms with van der Waals surface area (Å²) in [4.78, 5) is 27.5. The van der Waals surface area contributed by atoms with Gasteiger partial charge in [-0.2, -0.15) is 0 Å². The summed E-state index contributed by atoms with van der Waals surface area (Å²) in [6.45, 7) is 10.5. The minimum Gasteiger partial charge on any atom is -0.444 e. The largest absolute Gasteiger partial charge is 0.444 e. The molecule has 29 heavy (non-hydrogen) atoms. The molecule has 1 heterocycles. The highest BCUT2D eigenvalue weighted by Crippen LogP contribution is 2.24. The summed E-state index contributed by atoms with van der Waals surface area (Å²) in [6, 6.07) is 2.73. The zero-order valence-corrected chi connectivity index (χ0v) is 18.3. The fourth-order valence-corrected chi connectivity index (χ4v) is 4.65. The molecular weight excluding hydrogens is 394 g/mol. The Bertz CT molecular complexity index is 996. The number of carbonyl (C=O) groups excluding carboxylic acids is 2. The van der Waals surface area contributed by atoms with E-state index in [9.17, 15) is 18.0 Å². The van der Waals surface area contributed by atoms with Gasteiger partial charge in [0.1, 0.15) is 18.2 Å². The number of aryl methyl sites for hydroxylation is 3. The van der Waals surface area contributed by atoms with Crippen molar-refractivity contribution in [3.63, 3.8) is 0 Å². The molecule has 1 atom stereocenters. The lowest BCUT2D eigenvalue weighted by Gasteiger charge is -2.21. The third-order valence-corrected chi connectivity index (χ3v) is 5.96. The van der Waals surface area contributed by atoms with Crippen LogP contribution in [0.15, 0.2) is 29.6 Å². The predicted octanol–water partition coefficient (Wildman–Crippen LogP) is 2.68. The van der Waals surface area contributed by atoms with E-state index in [0.29, 0.717) is 23.1 Å². The fourth-order valence-electron chi connectivity index (χ4n) is 3.08. The van der Waals surface area contributed by atoms with Crippen molar-refractivity contribution in [3.05, 3.63) is 47.0 Å². The highest BCUT2D eigenvalue weighted by molar-refractivity contribution is 7.90. The molecule has 8 nitrogen and oxygen atoms in total. The normalized spacial score (nSPS) is 13.0. The van der Waals surface area contributed by atoms with E-state index in [0.717, 1.165) is 9.54 Å². The van der Waals surface area contributed by atoms with Crippen LogP contribution in [0.25, 0.3) is 0 Å². The van der Waals surface area contributed by atoms with Crippen molar-refractivity contribution in [1.29, 1.82) is 0 Å². The molecule has 1 amide bonds. The molecule has 1 aromatic carbocycles. The number of imidazole rings is 1. The third kappa shape index (κ3) is 5.66. The molecule has 0 spiro atoms. The average Bonchev–Trinajstić information content (AvgIpc) is 3.00. The number of nitrogens with zero attached hydrogens (tertiary/aromatic N) is 2. The molecule has 0 radical (unpaired) electrons. The van der Waals surface area contributed by atoms with Crippen LogP contribution in [-0.2, 0) is 26.0 Å².